The van der Waals surface area contributed by atoms with E-state index < -0.39 is 17.5 Å². The second-order valence-corrected chi connectivity index (χ2v) is 9.70. The lowest BCUT2D eigenvalue weighted by molar-refractivity contribution is -0.158. The number of carboxylic acid groups (broad SMARTS) is 1. The van der Waals surface area contributed by atoms with Gasteiger partial charge in [0.15, 0.2) is 6.10 Å². The van der Waals surface area contributed by atoms with Crippen molar-refractivity contribution in [1.29, 1.82) is 0 Å². The average Bonchev–Trinajstić information content (AvgIpc) is 2.75. The Balaban J connectivity index is 1.23. The first-order valence-corrected chi connectivity index (χ1v) is 11.3. The Morgan fingerprint density at radius 3 is 2.57 bits per heavy atom. The largest absolute Gasteiger partial charge is 0.481 e. The van der Waals surface area contributed by atoms with Crippen LogP contribution in [0.5, 0.6) is 0 Å². The Hall–Kier alpha value is -2.05. The van der Waals surface area contributed by atoms with Crippen molar-refractivity contribution >= 4 is 17.6 Å². The van der Waals surface area contributed by atoms with Gasteiger partial charge in [0.2, 0.25) is 0 Å². The minimum Gasteiger partial charge on any atom is -0.481 e. The van der Waals surface area contributed by atoms with E-state index in [1.54, 1.807) is 0 Å². The summed E-state index contributed by atoms with van der Waals surface area (Å²) in [5.74, 6) is -0.0292. The molecule has 6 nitrogen and oxygen atoms in total. The lowest BCUT2D eigenvalue weighted by Gasteiger charge is -2.55. The molecule has 0 spiro atoms. The van der Waals surface area contributed by atoms with Crippen LogP contribution in [0.15, 0.2) is 35.3 Å². The maximum absolute atomic E-state index is 13.0. The van der Waals surface area contributed by atoms with Crippen LogP contribution in [0.25, 0.3) is 0 Å². The molecule has 5 fully saturated rings. The second kappa shape index (κ2) is 7.89. The Bertz CT molecular complexity index is 834. The quantitative estimate of drug-likeness (QED) is 0.808. The molecule has 6 heteroatoms. The van der Waals surface area contributed by atoms with Crippen LogP contribution in [-0.4, -0.2) is 59.9 Å². The van der Waals surface area contributed by atoms with Crippen molar-refractivity contribution in [2.24, 2.45) is 28.2 Å². The third-order valence-electron chi connectivity index (χ3n) is 7.70. The van der Waals surface area contributed by atoms with Gasteiger partial charge in [-0.1, -0.05) is 30.3 Å². The van der Waals surface area contributed by atoms with Crippen molar-refractivity contribution < 1.29 is 19.4 Å². The number of amides is 1. The number of nitrogens with zero attached hydrogens (tertiary/aromatic N) is 2. The number of carboxylic acids is 1. The number of morpholine rings is 1. The summed E-state index contributed by atoms with van der Waals surface area (Å²) >= 11 is 0. The molecule has 6 rings (SSSR count). The monoisotopic (exact) mass is 410 g/mol. The van der Waals surface area contributed by atoms with E-state index in [0.717, 1.165) is 44.5 Å². The van der Waals surface area contributed by atoms with E-state index in [4.69, 9.17) is 4.74 Å². The molecule has 1 amide bonds. The molecular weight excluding hydrogens is 380 g/mol. The van der Waals surface area contributed by atoms with Crippen LogP contribution in [-0.2, 0) is 20.7 Å². The number of aliphatic imine (C=N–C) groups is 1. The summed E-state index contributed by atoms with van der Waals surface area (Å²) in [6.07, 6.45) is 4.54. The van der Waals surface area contributed by atoms with Gasteiger partial charge in [0.25, 0.3) is 5.91 Å². The van der Waals surface area contributed by atoms with E-state index in [1.807, 2.05) is 6.07 Å². The molecule has 5 aliphatic rings. The van der Waals surface area contributed by atoms with E-state index in [0.29, 0.717) is 31.9 Å². The molecule has 1 aromatic carbocycles. The fraction of sp³-hybridized carbons (Fsp3) is 0.625. The highest BCUT2D eigenvalue weighted by molar-refractivity contribution is 6.01. The molecule has 3 atom stereocenters. The minimum absolute atomic E-state index is 0.161. The summed E-state index contributed by atoms with van der Waals surface area (Å²) in [4.78, 5) is 31.7. The molecule has 4 saturated carbocycles. The standard InChI is InChI=1S/C24H30N2O4/c27-22(20-15-26(8-9-30-20)7-6-16-4-2-1-3-5-16)25-21-18-10-17-11-19(21)14-24(12-17,13-18)23(28)29/h1-5,17-20H,6-15H2,(H,28,29)/t17?,18?,19?,20-,24?/m1/s1. The number of rotatable bonds is 5. The van der Waals surface area contributed by atoms with Crippen molar-refractivity contribution in [3.8, 4) is 0 Å². The van der Waals surface area contributed by atoms with Gasteiger partial charge < -0.3 is 9.84 Å². The molecule has 1 N–H and O–H groups in total. The van der Waals surface area contributed by atoms with Gasteiger partial charge in [0, 0.05) is 25.3 Å². The van der Waals surface area contributed by atoms with Crippen molar-refractivity contribution in [3.05, 3.63) is 35.9 Å². The fourth-order valence-electron chi connectivity index (χ4n) is 6.39. The highest BCUT2D eigenvalue weighted by atomic mass is 16.5. The Morgan fingerprint density at radius 1 is 1.13 bits per heavy atom. The number of hydrogen-bond donors (Lipinski definition) is 1. The first-order chi connectivity index (χ1) is 14.5. The smallest absolute Gasteiger partial charge is 0.309 e. The third-order valence-corrected chi connectivity index (χ3v) is 7.70. The highest BCUT2D eigenvalue weighted by Gasteiger charge is 2.57. The number of carbonyl (C=O) groups is 2. The lowest BCUT2D eigenvalue weighted by atomic mass is 9.49. The van der Waals surface area contributed by atoms with Gasteiger partial charge in [-0.05, 0) is 61.8 Å². The van der Waals surface area contributed by atoms with E-state index in [-0.39, 0.29) is 17.7 Å². The predicted octanol–water partition coefficient (Wildman–Crippen LogP) is 2.81. The van der Waals surface area contributed by atoms with Crippen LogP contribution >= 0.6 is 0 Å². The zero-order chi connectivity index (χ0) is 20.7. The molecule has 160 valence electrons. The topological polar surface area (TPSA) is 79.2 Å². The molecule has 1 saturated heterocycles. The van der Waals surface area contributed by atoms with Crippen LogP contribution < -0.4 is 0 Å². The van der Waals surface area contributed by atoms with Crippen LogP contribution in [0.1, 0.15) is 37.7 Å². The van der Waals surface area contributed by atoms with E-state index >= 15 is 0 Å². The van der Waals surface area contributed by atoms with Gasteiger partial charge in [0.05, 0.1) is 12.0 Å². The van der Waals surface area contributed by atoms with Crippen molar-refractivity contribution in [1.82, 2.24) is 4.90 Å². The first-order valence-electron chi connectivity index (χ1n) is 11.3. The van der Waals surface area contributed by atoms with Gasteiger partial charge in [-0.15, -0.1) is 0 Å². The number of aliphatic carboxylic acids is 1. The molecule has 1 aromatic rings. The van der Waals surface area contributed by atoms with Crippen molar-refractivity contribution in [3.63, 3.8) is 0 Å². The Labute approximate surface area is 177 Å². The van der Waals surface area contributed by atoms with Crippen LogP contribution in [0, 0.1) is 23.2 Å². The van der Waals surface area contributed by atoms with Crippen molar-refractivity contribution in [2.75, 3.05) is 26.2 Å². The fourth-order valence-corrected chi connectivity index (χ4v) is 6.39. The van der Waals surface area contributed by atoms with Crippen LogP contribution in [0.2, 0.25) is 0 Å². The summed E-state index contributed by atoms with van der Waals surface area (Å²) in [6.45, 7) is 2.87. The van der Waals surface area contributed by atoms with Gasteiger partial charge in [-0.2, -0.15) is 0 Å². The number of ether oxygens (including phenoxy) is 1. The maximum atomic E-state index is 13.0. The Kier molecular flexibility index (Phi) is 5.23. The normalized spacial score (nSPS) is 35.4. The third kappa shape index (κ3) is 3.71. The van der Waals surface area contributed by atoms with Crippen LogP contribution in [0.3, 0.4) is 0 Å². The SMILES string of the molecule is O=C(N=C1C2CC3CC1CC(C(=O)O)(C3)C2)[C@H]1CN(CCc2ccccc2)CCO1. The minimum atomic E-state index is -0.656. The number of benzene rings is 1. The van der Waals surface area contributed by atoms with Gasteiger partial charge in [-0.3, -0.25) is 14.5 Å². The average molecular weight is 411 g/mol. The molecule has 1 aliphatic heterocycles. The lowest BCUT2D eigenvalue weighted by Crippen LogP contribution is -2.55. The van der Waals surface area contributed by atoms with Crippen LogP contribution in [0.4, 0.5) is 0 Å². The summed E-state index contributed by atoms with van der Waals surface area (Å²) in [5.41, 5.74) is 1.69. The molecule has 0 radical (unpaired) electrons. The molecule has 2 unspecified atom stereocenters. The summed E-state index contributed by atoms with van der Waals surface area (Å²) < 4.78 is 5.78. The van der Waals surface area contributed by atoms with Gasteiger partial charge >= 0.3 is 5.97 Å². The zero-order valence-corrected chi connectivity index (χ0v) is 17.3. The summed E-state index contributed by atoms with van der Waals surface area (Å²) in [5, 5.41) is 9.78. The first kappa shape index (κ1) is 19.9. The van der Waals surface area contributed by atoms with Crippen molar-refractivity contribution in [2.45, 2.75) is 44.6 Å². The van der Waals surface area contributed by atoms with E-state index in [9.17, 15) is 14.7 Å². The zero-order valence-electron chi connectivity index (χ0n) is 17.3. The number of carbonyl (C=O) groups excluding carboxylic acids is 1. The molecule has 30 heavy (non-hydrogen) atoms. The highest BCUT2D eigenvalue weighted by Crippen LogP contribution is 2.59. The number of hydrogen-bond acceptors (Lipinski definition) is 4. The van der Waals surface area contributed by atoms with Gasteiger partial charge in [-0.25, -0.2) is 4.99 Å². The van der Waals surface area contributed by atoms with E-state index in [1.165, 1.54) is 5.56 Å². The molecule has 4 bridgehead atoms. The Morgan fingerprint density at radius 2 is 1.87 bits per heavy atom. The van der Waals surface area contributed by atoms with Gasteiger partial charge in [0.1, 0.15) is 0 Å². The molecule has 0 aromatic heterocycles. The summed E-state index contributed by atoms with van der Waals surface area (Å²) in [7, 11) is 0. The predicted molar refractivity (Wildman–Crippen MR) is 112 cm³/mol. The maximum Gasteiger partial charge on any atom is 0.309 e. The molecule has 1 heterocycles. The van der Waals surface area contributed by atoms with E-state index in [2.05, 4.69) is 34.2 Å². The summed E-state index contributed by atoms with van der Waals surface area (Å²) in [6, 6.07) is 10.4. The molecule has 4 aliphatic carbocycles. The molecular formula is C24H30N2O4. The second-order valence-electron chi connectivity index (χ2n) is 9.70.